The van der Waals surface area contributed by atoms with Gasteiger partial charge in [-0.1, -0.05) is 13.8 Å². The predicted molar refractivity (Wildman–Crippen MR) is 76.7 cm³/mol. The van der Waals surface area contributed by atoms with E-state index in [9.17, 15) is 9.59 Å². The minimum absolute atomic E-state index is 0.120. The molecule has 20 heavy (non-hydrogen) atoms. The van der Waals surface area contributed by atoms with Gasteiger partial charge < -0.3 is 14.6 Å². The van der Waals surface area contributed by atoms with Crippen LogP contribution in [0.1, 0.15) is 30.6 Å². The summed E-state index contributed by atoms with van der Waals surface area (Å²) in [5, 5.41) is 2.94. The number of ether oxygens (including phenoxy) is 1. The number of nitrogens with zero attached hydrogens (tertiary/aromatic N) is 1. The Morgan fingerprint density at radius 2 is 2.25 bits per heavy atom. The number of pyridine rings is 1. The number of aryl methyl sites for hydroxylation is 1. The third-order valence-electron chi connectivity index (χ3n) is 3.79. The molecular formula is C15H22N2O3. The summed E-state index contributed by atoms with van der Waals surface area (Å²) in [7, 11) is 1.64. The number of nitrogens with one attached hydrogen (secondary N) is 1. The van der Waals surface area contributed by atoms with Crippen molar-refractivity contribution in [2.75, 3.05) is 13.2 Å². The second-order valence-electron chi connectivity index (χ2n) is 5.71. The molecule has 0 aliphatic carbocycles. The molecule has 1 aliphatic heterocycles. The summed E-state index contributed by atoms with van der Waals surface area (Å²) in [6.45, 7) is 5.66. The van der Waals surface area contributed by atoms with Gasteiger partial charge in [-0.15, -0.1) is 0 Å². The first-order valence-electron chi connectivity index (χ1n) is 7.05. The molecule has 1 aromatic rings. The summed E-state index contributed by atoms with van der Waals surface area (Å²) in [4.78, 5) is 23.4. The lowest BCUT2D eigenvalue weighted by atomic mass is 9.93. The van der Waals surface area contributed by atoms with Gasteiger partial charge in [0.1, 0.15) is 0 Å². The van der Waals surface area contributed by atoms with Crippen LogP contribution >= 0.6 is 0 Å². The zero-order valence-corrected chi connectivity index (χ0v) is 12.3. The van der Waals surface area contributed by atoms with Gasteiger partial charge in [-0.05, 0) is 18.4 Å². The second-order valence-corrected chi connectivity index (χ2v) is 5.71. The summed E-state index contributed by atoms with van der Waals surface area (Å²) in [5.41, 5.74) is 0.387. The number of carbonyl (C=O) groups is 1. The van der Waals surface area contributed by atoms with Crippen LogP contribution in [0, 0.1) is 11.8 Å². The van der Waals surface area contributed by atoms with Crippen molar-refractivity contribution in [3.8, 4) is 0 Å². The lowest BCUT2D eigenvalue weighted by molar-refractivity contribution is 0.0533. The molecule has 1 fully saturated rings. The molecule has 2 atom stereocenters. The zero-order valence-electron chi connectivity index (χ0n) is 12.3. The highest BCUT2D eigenvalue weighted by atomic mass is 16.5. The molecule has 2 rings (SSSR count). The van der Waals surface area contributed by atoms with E-state index in [1.54, 1.807) is 19.3 Å². The number of hydrogen-bond acceptors (Lipinski definition) is 3. The van der Waals surface area contributed by atoms with Crippen LogP contribution in [0.15, 0.2) is 23.1 Å². The van der Waals surface area contributed by atoms with Gasteiger partial charge in [0.05, 0.1) is 11.7 Å². The first-order valence-corrected chi connectivity index (χ1v) is 7.05. The van der Waals surface area contributed by atoms with Gasteiger partial charge in [-0.3, -0.25) is 9.59 Å². The fourth-order valence-electron chi connectivity index (χ4n) is 2.66. The number of amides is 1. The van der Waals surface area contributed by atoms with Gasteiger partial charge in [0.15, 0.2) is 0 Å². The lowest BCUT2D eigenvalue weighted by Crippen LogP contribution is -2.35. The number of hydrogen-bond donors (Lipinski definition) is 1. The van der Waals surface area contributed by atoms with Crippen LogP contribution in [-0.2, 0) is 11.8 Å². The molecule has 2 heterocycles. The molecule has 1 aromatic heterocycles. The van der Waals surface area contributed by atoms with Crippen molar-refractivity contribution in [3.05, 3.63) is 34.2 Å². The molecule has 5 heteroatoms. The Hall–Kier alpha value is -1.62. The van der Waals surface area contributed by atoms with Crippen LogP contribution in [0.5, 0.6) is 0 Å². The Balaban J connectivity index is 1.95. The monoisotopic (exact) mass is 278 g/mol. The normalized spacial score (nSPS) is 22.2. The average Bonchev–Trinajstić information content (AvgIpc) is 2.87. The summed E-state index contributed by atoms with van der Waals surface area (Å²) in [6.07, 6.45) is 2.76. The Morgan fingerprint density at radius 1 is 1.50 bits per heavy atom. The van der Waals surface area contributed by atoms with Gasteiger partial charge in [-0.25, -0.2) is 0 Å². The largest absolute Gasteiger partial charge is 0.378 e. The van der Waals surface area contributed by atoms with Crippen LogP contribution in [-0.4, -0.2) is 29.7 Å². The van der Waals surface area contributed by atoms with Crippen molar-refractivity contribution < 1.29 is 9.53 Å². The fourth-order valence-corrected chi connectivity index (χ4v) is 2.66. The summed E-state index contributed by atoms with van der Waals surface area (Å²) in [5.74, 6) is 0.679. The molecule has 1 N–H and O–H groups in total. The molecule has 1 aliphatic rings. The second kappa shape index (κ2) is 6.22. The van der Waals surface area contributed by atoms with Crippen molar-refractivity contribution in [1.82, 2.24) is 9.88 Å². The maximum atomic E-state index is 12.1. The molecule has 0 bridgehead atoms. The van der Waals surface area contributed by atoms with Crippen LogP contribution in [0.4, 0.5) is 0 Å². The van der Waals surface area contributed by atoms with Crippen molar-refractivity contribution >= 4 is 5.91 Å². The van der Waals surface area contributed by atoms with Crippen molar-refractivity contribution in [3.63, 3.8) is 0 Å². The van der Waals surface area contributed by atoms with E-state index in [4.69, 9.17) is 4.74 Å². The van der Waals surface area contributed by atoms with Gasteiger partial charge in [0.25, 0.3) is 5.91 Å². The Labute approximate surface area is 118 Å². The number of aromatic nitrogens is 1. The Bertz CT molecular complexity index is 536. The molecule has 0 spiro atoms. The van der Waals surface area contributed by atoms with E-state index in [1.807, 2.05) is 0 Å². The first kappa shape index (κ1) is 14.8. The van der Waals surface area contributed by atoms with Crippen molar-refractivity contribution in [2.45, 2.75) is 26.4 Å². The quantitative estimate of drug-likeness (QED) is 0.899. The standard InChI is InChI=1S/C15H22N2O3/c1-10(2)14-11(6-7-20-14)8-16-15(19)12-4-5-13(18)17(3)9-12/h4-5,9-11,14H,6-8H2,1-3H3,(H,16,19)/t11-,14-/m1/s1. The third-order valence-corrected chi connectivity index (χ3v) is 3.79. The highest BCUT2D eigenvalue weighted by Gasteiger charge is 2.30. The topological polar surface area (TPSA) is 60.3 Å². The minimum atomic E-state index is -0.144. The molecule has 0 saturated carbocycles. The van der Waals surface area contributed by atoms with Crippen LogP contribution < -0.4 is 10.9 Å². The van der Waals surface area contributed by atoms with E-state index >= 15 is 0 Å². The molecular weight excluding hydrogens is 256 g/mol. The van der Waals surface area contributed by atoms with Gasteiger partial charge in [0.2, 0.25) is 5.56 Å². The minimum Gasteiger partial charge on any atom is -0.378 e. The highest BCUT2D eigenvalue weighted by Crippen LogP contribution is 2.26. The lowest BCUT2D eigenvalue weighted by Gasteiger charge is -2.22. The zero-order chi connectivity index (χ0) is 14.7. The maximum Gasteiger partial charge on any atom is 0.252 e. The van der Waals surface area contributed by atoms with Gasteiger partial charge in [-0.2, -0.15) is 0 Å². The van der Waals surface area contributed by atoms with E-state index in [-0.39, 0.29) is 17.6 Å². The van der Waals surface area contributed by atoms with E-state index in [0.717, 1.165) is 13.0 Å². The van der Waals surface area contributed by atoms with E-state index in [0.29, 0.717) is 23.9 Å². The van der Waals surface area contributed by atoms with E-state index in [2.05, 4.69) is 19.2 Å². The van der Waals surface area contributed by atoms with Crippen molar-refractivity contribution in [1.29, 1.82) is 0 Å². The SMILES string of the molecule is CC(C)[C@H]1OCC[C@@H]1CNC(=O)c1ccc(=O)n(C)c1. The van der Waals surface area contributed by atoms with E-state index in [1.165, 1.54) is 10.6 Å². The summed E-state index contributed by atoms with van der Waals surface area (Å²) < 4.78 is 7.11. The number of rotatable bonds is 4. The van der Waals surface area contributed by atoms with Crippen LogP contribution in [0.25, 0.3) is 0 Å². The third kappa shape index (κ3) is 3.28. The molecule has 0 radical (unpaired) electrons. The number of carbonyl (C=O) groups excluding carboxylic acids is 1. The molecule has 0 unspecified atom stereocenters. The van der Waals surface area contributed by atoms with E-state index < -0.39 is 0 Å². The smallest absolute Gasteiger partial charge is 0.252 e. The molecule has 0 aromatic carbocycles. The van der Waals surface area contributed by atoms with Crippen LogP contribution in [0.3, 0.4) is 0 Å². The Morgan fingerprint density at radius 3 is 2.90 bits per heavy atom. The summed E-state index contributed by atoms with van der Waals surface area (Å²) in [6, 6.07) is 2.97. The van der Waals surface area contributed by atoms with Crippen LogP contribution in [0.2, 0.25) is 0 Å². The summed E-state index contributed by atoms with van der Waals surface area (Å²) >= 11 is 0. The Kier molecular flexibility index (Phi) is 4.60. The molecule has 5 nitrogen and oxygen atoms in total. The van der Waals surface area contributed by atoms with Gasteiger partial charge in [0, 0.05) is 38.4 Å². The molecule has 1 saturated heterocycles. The predicted octanol–water partition coefficient (Wildman–Crippen LogP) is 1.18. The highest BCUT2D eigenvalue weighted by molar-refractivity contribution is 5.93. The average molecular weight is 278 g/mol. The maximum absolute atomic E-state index is 12.1. The molecule has 1 amide bonds. The van der Waals surface area contributed by atoms with Crippen molar-refractivity contribution in [2.24, 2.45) is 18.9 Å². The van der Waals surface area contributed by atoms with Gasteiger partial charge >= 0.3 is 0 Å². The first-order chi connectivity index (χ1) is 9.49. The molecule has 110 valence electrons. The fraction of sp³-hybridized carbons (Fsp3) is 0.600.